The van der Waals surface area contributed by atoms with E-state index in [9.17, 15) is 9.59 Å². The minimum Gasteiger partial charge on any atom is -0.461 e. The molecule has 1 aromatic heterocycles. The van der Waals surface area contributed by atoms with Crippen molar-refractivity contribution in [3.05, 3.63) is 29.0 Å². The Balaban J connectivity index is 1.79. The SMILES string of the molecule is CC(C)(C)C(=O)N1CCC(C(=O)OCc2ccc(Cl)nc2)CC1. The molecule has 0 saturated carbocycles. The molecule has 1 amide bonds. The quantitative estimate of drug-likeness (QED) is 0.627. The Bertz CT molecular complexity index is 558. The van der Waals surface area contributed by atoms with Crippen LogP contribution in [0.2, 0.25) is 5.15 Å². The number of rotatable bonds is 3. The van der Waals surface area contributed by atoms with Crippen LogP contribution in [0, 0.1) is 11.3 Å². The van der Waals surface area contributed by atoms with E-state index in [0.29, 0.717) is 31.1 Å². The topological polar surface area (TPSA) is 59.5 Å². The summed E-state index contributed by atoms with van der Waals surface area (Å²) < 4.78 is 5.34. The molecule has 0 aliphatic carbocycles. The van der Waals surface area contributed by atoms with E-state index in [1.165, 1.54) is 0 Å². The minimum absolute atomic E-state index is 0.136. The fourth-order valence-electron chi connectivity index (χ4n) is 2.56. The van der Waals surface area contributed by atoms with Crippen LogP contribution in [0.3, 0.4) is 0 Å². The van der Waals surface area contributed by atoms with Gasteiger partial charge in [-0.15, -0.1) is 0 Å². The maximum absolute atomic E-state index is 12.2. The van der Waals surface area contributed by atoms with Crippen molar-refractivity contribution in [1.82, 2.24) is 9.88 Å². The first-order valence-electron chi connectivity index (χ1n) is 7.84. The first-order valence-corrected chi connectivity index (χ1v) is 8.21. The molecule has 1 saturated heterocycles. The second-order valence-corrected chi connectivity index (χ2v) is 7.30. The van der Waals surface area contributed by atoms with Crippen LogP contribution in [-0.4, -0.2) is 34.8 Å². The zero-order chi connectivity index (χ0) is 17.0. The fourth-order valence-corrected chi connectivity index (χ4v) is 2.67. The highest BCUT2D eigenvalue weighted by Crippen LogP contribution is 2.24. The molecular formula is C17H23ClN2O3. The number of carbonyl (C=O) groups is 2. The lowest BCUT2D eigenvalue weighted by molar-refractivity contribution is -0.154. The number of pyridine rings is 1. The van der Waals surface area contributed by atoms with Gasteiger partial charge < -0.3 is 9.64 Å². The zero-order valence-corrected chi connectivity index (χ0v) is 14.6. The van der Waals surface area contributed by atoms with E-state index in [4.69, 9.17) is 16.3 Å². The van der Waals surface area contributed by atoms with E-state index < -0.39 is 0 Å². The van der Waals surface area contributed by atoms with Crippen LogP contribution in [-0.2, 0) is 20.9 Å². The molecule has 0 bridgehead atoms. The number of piperidine rings is 1. The summed E-state index contributed by atoms with van der Waals surface area (Å²) in [4.78, 5) is 30.2. The Morgan fingerprint density at radius 3 is 2.48 bits per heavy atom. The molecule has 0 unspecified atom stereocenters. The molecule has 6 heteroatoms. The lowest BCUT2D eigenvalue weighted by Crippen LogP contribution is -2.45. The average Bonchev–Trinajstić information content (AvgIpc) is 2.52. The summed E-state index contributed by atoms with van der Waals surface area (Å²) in [6.07, 6.45) is 2.90. The second kappa shape index (κ2) is 7.30. The van der Waals surface area contributed by atoms with E-state index >= 15 is 0 Å². The lowest BCUT2D eigenvalue weighted by atomic mass is 9.91. The Morgan fingerprint density at radius 2 is 1.96 bits per heavy atom. The summed E-state index contributed by atoms with van der Waals surface area (Å²) in [5.41, 5.74) is 0.428. The average molecular weight is 339 g/mol. The number of hydrogen-bond donors (Lipinski definition) is 0. The van der Waals surface area contributed by atoms with E-state index in [1.807, 2.05) is 25.7 Å². The molecule has 0 N–H and O–H groups in total. The summed E-state index contributed by atoms with van der Waals surface area (Å²) in [6.45, 7) is 7.16. The van der Waals surface area contributed by atoms with Gasteiger partial charge in [-0.25, -0.2) is 4.98 Å². The van der Waals surface area contributed by atoms with Gasteiger partial charge in [0.1, 0.15) is 11.8 Å². The molecular weight excluding hydrogens is 316 g/mol. The third-order valence-corrected chi connectivity index (χ3v) is 4.15. The number of halogens is 1. The van der Waals surface area contributed by atoms with Gasteiger partial charge in [0, 0.05) is 30.3 Å². The molecule has 0 atom stereocenters. The molecule has 2 rings (SSSR count). The van der Waals surface area contributed by atoms with Crippen LogP contribution in [0.25, 0.3) is 0 Å². The maximum Gasteiger partial charge on any atom is 0.309 e. The van der Waals surface area contributed by atoms with Crippen molar-refractivity contribution >= 4 is 23.5 Å². The Kier molecular flexibility index (Phi) is 5.63. The number of hydrogen-bond acceptors (Lipinski definition) is 4. The van der Waals surface area contributed by atoms with E-state index in [-0.39, 0.29) is 29.8 Å². The molecule has 0 aromatic carbocycles. The van der Waals surface area contributed by atoms with Crippen molar-refractivity contribution in [2.24, 2.45) is 11.3 Å². The summed E-state index contributed by atoms with van der Waals surface area (Å²) >= 11 is 5.72. The molecule has 1 aromatic rings. The molecule has 0 spiro atoms. The molecule has 5 nitrogen and oxygen atoms in total. The van der Waals surface area contributed by atoms with Crippen molar-refractivity contribution in [2.45, 2.75) is 40.2 Å². The molecule has 2 heterocycles. The zero-order valence-electron chi connectivity index (χ0n) is 13.8. The third-order valence-electron chi connectivity index (χ3n) is 3.93. The molecule has 0 radical (unpaired) electrons. The van der Waals surface area contributed by atoms with Gasteiger partial charge in [0.15, 0.2) is 0 Å². The molecule has 1 aliphatic rings. The van der Waals surface area contributed by atoms with Crippen molar-refractivity contribution in [3.63, 3.8) is 0 Å². The fraction of sp³-hybridized carbons (Fsp3) is 0.588. The van der Waals surface area contributed by atoms with E-state index in [0.717, 1.165) is 5.56 Å². The summed E-state index contributed by atoms with van der Waals surface area (Å²) in [6, 6.07) is 3.45. The van der Waals surface area contributed by atoms with Gasteiger partial charge in [-0.3, -0.25) is 9.59 Å². The number of carbonyl (C=O) groups excluding carboxylic acids is 2. The first kappa shape index (κ1) is 17.7. The van der Waals surface area contributed by atoms with Gasteiger partial charge in [0.05, 0.1) is 5.92 Å². The van der Waals surface area contributed by atoms with Crippen molar-refractivity contribution in [2.75, 3.05) is 13.1 Å². The van der Waals surface area contributed by atoms with Gasteiger partial charge in [-0.2, -0.15) is 0 Å². The summed E-state index contributed by atoms with van der Waals surface area (Å²) in [5.74, 6) is -0.210. The lowest BCUT2D eigenvalue weighted by Gasteiger charge is -2.34. The van der Waals surface area contributed by atoms with Crippen LogP contribution < -0.4 is 0 Å². The predicted octanol–water partition coefficient (Wildman–Crippen LogP) is 3.06. The minimum atomic E-state index is -0.380. The van der Waals surface area contributed by atoms with Gasteiger partial charge >= 0.3 is 5.97 Å². The number of ether oxygens (including phenoxy) is 1. The normalized spacial score (nSPS) is 16.3. The standard InChI is InChI=1S/C17H23ClN2O3/c1-17(2,3)16(22)20-8-6-13(7-9-20)15(21)23-11-12-4-5-14(18)19-10-12/h4-5,10,13H,6-9,11H2,1-3H3. The van der Waals surface area contributed by atoms with Crippen molar-refractivity contribution < 1.29 is 14.3 Å². The summed E-state index contributed by atoms with van der Waals surface area (Å²) in [7, 11) is 0. The van der Waals surface area contributed by atoms with Crippen LogP contribution in [0.15, 0.2) is 18.3 Å². The molecule has 1 aliphatic heterocycles. The van der Waals surface area contributed by atoms with E-state index in [1.54, 1.807) is 18.3 Å². The number of amides is 1. The summed E-state index contributed by atoms with van der Waals surface area (Å²) in [5, 5.41) is 0.413. The van der Waals surface area contributed by atoms with Crippen LogP contribution >= 0.6 is 11.6 Å². The molecule has 23 heavy (non-hydrogen) atoms. The third kappa shape index (κ3) is 4.93. The number of aromatic nitrogens is 1. The highest BCUT2D eigenvalue weighted by Gasteiger charge is 2.32. The van der Waals surface area contributed by atoms with E-state index in [2.05, 4.69) is 4.98 Å². The highest BCUT2D eigenvalue weighted by atomic mass is 35.5. The first-order chi connectivity index (χ1) is 10.8. The number of nitrogens with zero attached hydrogens (tertiary/aromatic N) is 2. The Hall–Kier alpha value is -1.62. The van der Waals surface area contributed by atoms with Crippen molar-refractivity contribution in [3.8, 4) is 0 Å². The largest absolute Gasteiger partial charge is 0.461 e. The molecule has 126 valence electrons. The molecule has 1 fully saturated rings. The number of likely N-dealkylation sites (tertiary alicyclic amines) is 1. The van der Waals surface area contributed by atoms with Crippen LogP contribution in [0.1, 0.15) is 39.2 Å². The predicted molar refractivity (Wildman–Crippen MR) is 87.8 cm³/mol. The van der Waals surface area contributed by atoms with Gasteiger partial charge in [0.2, 0.25) is 5.91 Å². The van der Waals surface area contributed by atoms with Gasteiger partial charge in [-0.1, -0.05) is 38.4 Å². The maximum atomic E-state index is 12.2. The Morgan fingerprint density at radius 1 is 1.30 bits per heavy atom. The van der Waals surface area contributed by atoms with Crippen LogP contribution in [0.5, 0.6) is 0 Å². The van der Waals surface area contributed by atoms with Crippen LogP contribution in [0.4, 0.5) is 0 Å². The number of esters is 1. The smallest absolute Gasteiger partial charge is 0.309 e. The van der Waals surface area contributed by atoms with Gasteiger partial charge in [0.25, 0.3) is 0 Å². The monoisotopic (exact) mass is 338 g/mol. The van der Waals surface area contributed by atoms with Gasteiger partial charge in [-0.05, 0) is 18.9 Å². The second-order valence-electron chi connectivity index (χ2n) is 6.91. The Labute approximate surface area is 142 Å². The van der Waals surface area contributed by atoms with Crippen molar-refractivity contribution in [1.29, 1.82) is 0 Å². The highest BCUT2D eigenvalue weighted by molar-refractivity contribution is 6.29.